The molecule has 2 N–H and O–H groups in total. The lowest BCUT2D eigenvalue weighted by Gasteiger charge is -2.32. The van der Waals surface area contributed by atoms with Crippen molar-refractivity contribution in [2.45, 2.75) is 44.8 Å². The Balaban J connectivity index is 1.61. The number of nitrogens with one attached hydrogen (secondary N) is 2. The average molecular weight is 417 g/mol. The van der Waals surface area contributed by atoms with Gasteiger partial charge in [0.05, 0.1) is 12.2 Å². The fourth-order valence-corrected chi connectivity index (χ4v) is 3.88. The summed E-state index contributed by atoms with van der Waals surface area (Å²) in [5.41, 5.74) is 2.48. The van der Waals surface area contributed by atoms with E-state index in [0.717, 1.165) is 45.4 Å². The maximum absolute atomic E-state index is 12.0. The molecule has 3 atom stereocenters. The van der Waals surface area contributed by atoms with Crippen molar-refractivity contribution in [1.29, 1.82) is 0 Å². The summed E-state index contributed by atoms with van der Waals surface area (Å²) >= 11 is 0. The lowest BCUT2D eigenvalue weighted by atomic mass is 9.89. The van der Waals surface area contributed by atoms with Gasteiger partial charge in [0, 0.05) is 46.3 Å². The van der Waals surface area contributed by atoms with Crippen LogP contribution in [0.25, 0.3) is 0 Å². The Morgan fingerprint density at radius 2 is 1.77 bits per heavy atom. The first-order valence-corrected chi connectivity index (χ1v) is 11.0. The van der Waals surface area contributed by atoms with E-state index in [2.05, 4.69) is 46.8 Å². The Morgan fingerprint density at radius 3 is 2.47 bits per heavy atom. The molecule has 1 amide bonds. The Kier molecular flexibility index (Phi) is 8.51. The van der Waals surface area contributed by atoms with E-state index >= 15 is 0 Å². The van der Waals surface area contributed by atoms with Crippen LogP contribution < -0.4 is 10.6 Å². The Labute approximate surface area is 180 Å². The number of hydrogen-bond donors (Lipinski definition) is 2. The van der Waals surface area contributed by atoms with E-state index in [9.17, 15) is 4.79 Å². The van der Waals surface area contributed by atoms with Gasteiger partial charge in [0.25, 0.3) is 0 Å². The van der Waals surface area contributed by atoms with E-state index in [1.807, 2.05) is 0 Å². The highest BCUT2D eigenvalue weighted by Gasteiger charge is 2.27. The summed E-state index contributed by atoms with van der Waals surface area (Å²) in [6.45, 7) is 5.28. The topological polar surface area (TPSA) is 75.2 Å². The predicted molar refractivity (Wildman–Crippen MR) is 119 cm³/mol. The molecule has 0 spiro atoms. The molecule has 2 aliphatic heterocycles. The van der Waals surface area contributed by atoms with Crippen molar-refractivity contribution in [2.24, 2.45) is 10.9 Å². The van der Waals surface area contributed by atoms with Gasteiger partial charge in [-0.05, 0) is 38.2 Å². The summed E-state index contributed by atoms with van der Waals surface area (Å²) in [6.07, 6.45) is 4.60. The van der Waals surface area contributed by atoms with Crippen LogP contribution in [0.5, 0.6) is 0 Å². The summed E-state index contributed by atoms with van der Waals surface area (Å²) in [5.74, 6) is 0.987. The SMILES string of the molecule is Cc1ccc(C2OCCCC2CNC(=NCC(=O)N(C)C)NCC2CCCO2)cc1. The predicted octanol–water partition coefficient (Wildman–Crippen LogP) is 2.27. The van der Waals surface area contributed by atoms with Gasteiger partial charge in [-0.3, -0.25) is 4.79 Å². The molecule has 1 aromatic rings. The van der Waals surface area contributed by atoms with Gasteiger partial charge in [-0.15, -0.1) is 0 Å². The van der Waals surface area contributed by atoms with Crippen LogP contribution >= 0.6 is 0 Å². The van der Waals surface area contributed by atoms with Crippen LogP contribution in [0.2, 0.25) is 0 Å². The molecule has 2 fully saturated rings. The number of ether oxygens (including phenoxy) is 2. The fraction of sp³-hybridized carbons (Fsp3) is 0.652. The number of amides is 1. The van der Waals surface area contributed by atoms with E-state index in [1.165, 1.54) is 11.1 Å². The molecule has 166 valence electrons. The molecule has 0 bridgehead atoms. The minimum Gasteiger partial charge on any atom is -0.376 e. The Hall–Kier alpha value is -2.12. The van der Waals surface area contributed by atoms with E-state index in [-0.39, 0.29) is 24.7 Å². The highest BCUT2D eigenvalue weighted by molar-refractivity contribution is 5.84. The summed E-state index contributed by atoms with van der Waals surface area (Å²) < 4.78 is 11.8. The highest BCUT2D eigenvalue weighted by Crippen LogP contribution is 2.33. The van der Waals surface area contributed by atoms with Crippen LogP contribution in [0.4, 0.5) is 0 Å². The summed E-state index contributed by atoms with van der Waals surface area (Å²) in [5, 5.41) is 6.81. The second kappa shape index (κ2) is 11.3. The number of carbonyl (C=O) groups is 1. The van der Waals surface area contributed by atoms with E-state index in [1.54, 1.807) is 19.0 Å². The number of rotatable bonds is 7. The van der Waals surface area contributed by atoms with Gasteiger partial charge < -0.3 is 25.0 Å². The first-order chi connectivity index (χ1) is 14.5. The molecule has 2 saturated heterocycles. The van der Waals surface area contributed by atoms with Crippen molar-refractivity contribution in [3.8, 4) is 0 Å². The average Bonchev–Trinajstić information content (AvgIpc) is 3.27. The normalized spacial score (nSPS) is 24.5. The Bertz CT molecular complexity index is 699. The van der Waals surface area contributed by atoms with Crippen LogP contribution in [0.15, 0.2) is 29.3 Å². The number of hydrogen-bond acceptors (Lipinski definition) is 4. The molecule has 0 aromatic heterocycles. The van der Waals surface area contributed by atoms with Gasteiger partial charge in [-0.2, -0.15) is 0 Å². The van der Waals surface area contributed by atoms with Crippen LogP contribution in [-0.2, 0) is 14.3 Å². The molecule has 0 radical (unpaired) electrons. The van der Waals surface area contributed by atoms with E-state index in [0.29, 0.717) is 18.4 Å². The summed E-state index contributed by atoms with van der Waals surface area (Å²) in [6, 6.07) is 8.61. The first kappa shape index (κ1) is 22.6. The number of carbonyl (C=O) groups excluding carboxylic acids is 1. The number of aliphatic imine (C=N–C) groups is 1. The van der Waals surface area contributed by atoms with Gasteiger partial charge in [0.15, 0.2) is 5.96 Å². The van der Waals surface area contributed by atoms with Crippen molar-refractivity contribution in [3.63, 3.8) is 0 Å². The van der Waals surface area contributed by atoms with Crippen LogP contribution in [0.3, 0.4) is 0 Å². The molecule has 0 saturated carbocycles. The van der Waals surface area contributed by atoms with Gasteiger partial charge in [-0.1, -0.05) is 29.8 Å². The molecule has 2 aliphatic rings. The Morgan fingerprint density at radius 1 is 1.07 bits per heavy atom. The molecule has 2 heterocycles. The summed E-state index contributed by atoms with van der Waals surface area (Å²) in [7, 11) is 3.49. The standard InChI is InChI=1S/C23H36N4O3/c1-17-8-10-18(11-9-17)22-19(6-4-13-30-22)14-24-23(26-16-21(28)27(2)3)25-15-20-7-5-12-29-20/h8-11,19-20,22H,4-7,12-16H2,1-3H3,(H2,24,25,26). The molecular formula is C23H36N4O3. The molecule has 1 aromatic carbocycles. The van der Waals surface area contributed by atoms with Gasteiger partial charge in [0.1, 0.15) is 6.54 Å². The van der Waals surface area contributed by atoms with Crippen molar-refractivity contribution < 1.29 is 14.3 Å². The van der Waals surface area contributed by atoms with Crippen LogP contribution in [-0.4, -0.2) is 69.8 Å². The number of benzene rings is 1. The monoisotopic (exact) mass is 416 g/mol. The number of nitrogens with zero attached hydrogens (tertiary/aromatic N) is 2. The number of aryl methyl sites for hydroxylation is 1. The molecule has 3 unspecified atom stereocenters. The van der Waals surface area contributed by atoms with Gasteiger partial charge in [0.2, 0.25) is 5.91 Å². The first-order valence-electron chi connectivity index (χ1n) is 11.0. The molecular weight excluding hydrogens is 380 g/mol. The molecule has 7 nitrogen and oxygen atoms in total. The van der Waals surface area contributed by atoms with Gasteiger partial charge >= 0.3 is 0 Å². The lowest BCUT2D eigenvalue weighted by Crippen LogP contribution is -2.44. The van der Waals surface area contributed by atoms with Crippen LogP contribution in [0.1, 0.15) is 42.9 Å². The minimum absolute atomic E-state index is 0.0215. The zero-order valence-corrected chi connectivity index (χ0v) is 18.5. The number of likely N-dealkylation sites (N-methyl/N-ethyl adjacent to an activating group) is 1. The van der Waals surface area contributed by atoms with Gasteiger partial charge in [-0.25, -0.2) is 4.99 Å². The van der Waals surface area contributed by atoms with Crippen molar-refractivity contribution >= 4 is 11.9 Å². The second-order valence-electron chi connectivity index (χ2n) is 8.45. The third-order valence-corrected chi connectivity index (χ3v) is 5.77. The number of guanidine groups is 1. The fourth-order valence-electron chi connectivity index (χ4n) is 3.88. The molecule has 3 rings (SSSR count). The van der Waals surface area contributed by atoms with E-state index < -0.39 is 0 Å². The zero-order chi connectivity index (χ0) is 21.3. The van der Waals surface area contributed by atoms with Crippen molar-refractivity contribution in [1.82, 2.24) is 15.5 Å². The zero-order valence-electron chi connectivity index (χ0n) is 18.5. The quantitative estimate of drug-likeness (QED) is 0.527. The van der Waals surface area contributed by atoms with Crippen molar-refractivity contribution in [3.05, 3.63) is 35.4 Å². The smallest absolute Gasteiger partial charge is 0.243 e. The third kappa shape index (κ3) is 6.71. The van der Waals surface area contributed by atoms with E-state index in [4.69, 9.17) is 9.47 Å². The summed E-state index contributed by atoms with van der Waals surface area (Å²) in [4.78, 5) is 18.1. The lowest BCUT2D eigenvalue weighted by molar-refractivity contribution is -0.127. The maximum atomic E-state index is 12.0. The second-order valence-corrected chi connectivity index (χ2v) is 8.45. The molecule has 0 aliphatic carbocycles. The largest absolute Gasteiger partial charge is 0.376 e. The van der Waals surface area contributed by atoms with Crippen LogP contribution in [0, 0.1) is 12.8 Å². The third-order valence-electron chi connectivity index (χ3n) is 5.77. The maximum Gasteiger partial charge on any atom is 0.243 e. The molecule has 30 heavy (non-hydrogen) atoms. The highest BCUT2D eigenvalue weighted by atomic mass is 16.5. The van der Waals surface area contributed by atoms with Crippen molar-refractivity contribution in [2.75, 3.05) is 46.9 Å². The minimum atomic E-state index is -0.0215. The molecule has 7 heteroatoms.